The van der Waals surface area contributed by atoms with Gasteiger partial charge in [0.25, 0.3) is 0 Å². The van der Waals surface area contributed by atoms with Crippen molar-refractivity contribution in [3.63, 3.8) is 0 Å². The number of rotatable bonds is 1. The molecule has 0 unspecified atom stereocenters. The van der Waals surface area contributed by atoms with E-state index in [-0.39, 0.29) is 0 Å². The Balaban J connectivity index is 2.16. The van der Waals surface area contributed by atoms with Crippen molar-refractivity contribution in [2.45, 2.75) is 13.8 Å². The quantitative estimate of drug-likeness (QED) is 0.749. The van der Waals surface area contributed by atoms with Crippen LogP contribution in [0.2, 0.25) is 5.02 Å². The fourth-order valence-electron chi connectivity index (χ4n) is 1.85. The van der Waals surface area contributed by atoms with E-state index in [2.05, 4.69) is 40.7 Å². The zero-order valence-electron chi connectivity index (χ0n) is 8.35. The van der Waals surface area contributed by atoms with Gasteiger partial charge in [-0.1, -0.05) is 25.4 Å². The SMILES string of the molecule is CC1(C)CN(c2ccc(Br)c(Cl)c2)C1. The molecule has 0 radical (unpaired) electrons. The van der Waals surface area contributed by atoms with Gasteiger partial charge in [-0.05, 0) is 39.5 Å². The maximum atomic E-state index is 6.04. The number of hydrogen-bond donors (Lipinski definition) is 0. The Labute approximate surface area is 98.2 Å². The van der Waals surface area contributed by atoms with Gasteiger partial charge in [-0.15, -0.1) is 0 Å². The van der Waals surface area contributed by atoms with Crippen LogP contribution in [-0.2, 0) is 0 Å². The normalized spacial score (nSPS) is 19.3. The molecule has 14 heavy (non-hydrogen) atoms. The van der Waals surface area contributed by atoms with Crippen molar-refractivity contribution in [2.75, 3.05) is 18.0 Å². The van der Waals surface area contributed by atoms with Crippen LogP contribution in [0, 0.1) is 5.41 Å². The highest BCUT2D eigenvalue weighted by molar-refractivity contribution is 9.10. The van der Waals surface area contributed by atoms with Crippen molar-refractivity contribution in [2.24, 2.45) is 5.41 Å². The van der Waals surface area contributed by atoms with Crippen LogP contribution in [0.4, 0.5) is 5.69 Å². The standard InChI is InChI=1S/C11H13BrClN/c1-11(2)6-14(7-11)8-3-4-9(12)10(13)5-8/h3-5H,6-7H2,1-2H3. The van der Waals surface area contributed by atoms with Gasteiger partial charge in [-0.2, -0.15) is 0 Å². The van der Waals surface area contributed by atoms with Gasteiger partial charge in [0.05, 0.1) is 5.02 Å². The number of hydrogen-bond acceptors (Lipinski definition) is 1. The first-order valence-electron chi connectivity index (χ1n) is 4.68. The topological polar surface area (TPSA) is 3.24 Å². The minimum absolute atomic E-state index is 0.458. The third kappa shape index (κ3) is 1.91. The molecule has 0 saturated carbocycles. The molecule has 0 aromatic heterocycles. The highest BCUT2D eigenvalue weighted by Crippen LogP contribution is 2.35. The molecule has 0 spiro atoms. The molecule has 2 rings (SSSR count). The zero-order valence-corrected chi connectivity index (χ0v) is 10.7. The summed E-state index contributed by atoms with van der Waals surface area (Å²) in [7, 11) is 0. The van der Waals surface area contributed by atoms with Crippen LogP contribution < -0.4 is 4.90 Å². The lowest BCUT2D eigenvalue weighted by Gasteiger charge is -2.47. The van der Waals surface area contributed by atoms with E-state index in [1.807, 2.05) is 12.1 Å². The Bertz CT molecular complexity index is 354. The summed E-state index contributed by atoms with van der Waals surface area (Å²) < 4.78 is 0.961. The van der Waals surface area contributed by atoms with Crippen LogP contribution >= 0.6 is 27.5 Å². The number of halogens is 2. The minimum atomic E-state index is 0.458. The van der Waals surface area contributed by atoms with Gasteiger partial charge in [-0.3, -0.25) is 0 Å². The molecule has 1 aromatic carbocycles. The fraction of sp³-hybridized carbons (Fsp3) is 0.455. The van der Waals surface area contributed by atoms with E-state index >= 15 is 0 Å². The van der Waals surface area contributed by atoms with Crippen molar-refractivity contribution in [1.29, 1.82) is 0 Å². The number of nitrogens with zero attached hydrogens (tertiary/aromatic N) is 1. The molecule has 3 heteroatoms. The summed E-state index contributed by atoms with van der Waals surface area (Å²) in [6.07, 6.45) is 0. The third-order valence-corrected chi connectivity index (χ3v) is 3.74. The first-order chi connectivity index (χ1) is 6.48. The maximum absolute atomic E-state index is 6.04. The van der Waals surface area contributed by atoms with E-state index in [1.54, 1.807) is 0 Å². The van der Waals surface area contributed by atoms with Gasteiger partial charge in [-0.25, -0.2) is 0 Å². The van der Waals surface area contributed by atoms with Crippen molar-refractivity contribution >= 4 is 33.2 Å². The first kappa shape index (κ1) is 10.3. The molecule has 0 aliphatic carbocycles. The lowest BCUT2D eigenvalue weighted by molar-refractivity contribution is 0.276. The number of anilines is 1. The summed E-state index contributed by atoms with van der Waals surface area (Å²) in [6, 6.07) is 6.12. The smallest absolute Gasteiger partial charge is 0.0568 e. The average molecular weight is 275 g/mol. The average Bonchev–Trinajstić information content (AvgIpc) is 2.06. The lowest BCUT2D eigenvalue weighted by Crippen LogP contribution is -2.53. The molecule has 1 aliphatic heterocycles. The Kier molecular flexibility index (Phi) is 2.52. The lowest BCUT2D eigenvalue weighted by atomic mass is 9.84. The molecule has 1 fully saturated rings. The summed E-state index contributed by atoms with van der Waals surface area (Å²) >= 11 is 9.43. The molecule has 0 N–H and O–H groups in total. The van der Waals surface area contributed by atoms with E-state index in [9.17, 15) is 0 Å². The van der Waals surface area contributed by atoms with Crippen LogP contribution in [0.25, 0.3) is 0 Å². The zero-order chi connectivity index (χ0) is 10.3. The molecule has 76 valence electrons. The maximum Gasteiger partial charge on any atom is 0.0568 e. The molecule has 0 amide bonds. The van der Waals surface area contributed by atoms with E-state index in [4.69, 9.17) is 11.6 Å². The van der Waals surface area contributed by atoms with Gasteiger partial charge in [0, 0.05) is 23.2 Å². The van der Waals surface area contributed by atoms with Crippen molar-refractivity contribution < 1.29 is 0 Å². The molecule has 1 nitrogen and oxygen atoms in total. The molecule has 1 heterocycles. The van der Waals surface area contributed by atoms with Crippen molar-refractivity contribution in [3.05, 3.63) is 27.7 Å². The number of benzene rings is 1. The molecular formula is C11H13BrClN. The summed E-state index contributed by atoms with van der Waals surface area (Å²) in [5.74, 6) is 0. The second-order valence-corrected chi connectivity index (χ2v) is 5.88. The van der Waals surface area contributed by atoms with Crippen LogP contribution in [-0.4, -0.2) is 13.1 Å². The Hall–Kier alpha value is -0.210. The highest BCUT2D eigenvalue weighted by Gasteiger charge is 2.34. The summed E-state index contributed by atoms with van der Waals surface area (Å²) in [5.41, 5.74) is 1.68. The fourth-order valence-corrected chi connectivity index (χ4v) is 2.27. The third-order valence-electron chi connectivity index (χ3n) is 2.51. The molecule has 1 aliphatic rings. The molecular weight excluding hydrogens is 261 g/mol. The van der Waals surface area contributed by atoms with Crippen molar-refractivity contribution in [1.82, 2.24) is 0 Å². The van der Waals surface area contributed by atoms with Crippen LogP contribution in [0.5, 0.6) is 0 Å². The van der Waals surface area contributed by atoms with E-state index in [0.29, 0.717) is 5.41 Å². The molecule has 0 bridgehead atoms. The van der Waals surface area contributed by atoms with Gasteiger partial charge in [0.15, 0.2) is 0 Å². The summed E-state index contributed by atoms with van der Waals surface area (Å²) in [6.45, 7) is 6.80. The Morgan fingerprint density at radius 2 is 2.00 bits per heavy atom. The molecule has 1 aromatic rings. The van der Waals surface area contributed by atoms with Crippen LogP contribution in [0.3, 0.4) is 0 Å². The van der Waals surface area contributed by atoms with Gasteiger partial charge >= 0.3 is 0 Å². The van der Waals surface area contributed by atoms with Gasteiger partial charge < -0.3 is 4.90 Å². The van der Waals surface area contributed by atoms with Crippen LogP contribution in [0.15, 0.2) is 22.7 Å². The van der Waals surface area contributed by atoms with E-state index in [1.165, 1.54) is 5.69 Å². The predicted molar refractivity (Wildman–Crippen MR) is 65.1 cm³/mol. The second-order valence-electron chi connectivity index (χ2n) is 4.62. The monoisotopic (exact) mass is 273 g/mol. The summed E-state index contributed by atoms with van der Waals surface area (Å²) in [4.78, 5) is 2.35. The van der Waals surface area contributed by atoms with Gasteiger partial charge in [0.2, 0.25) is 0 Å². The Morgan fingerprint density at radius 3 is 2.50 bits per heavy atom. The first-order valence-corrected chi connectivity index (χ1v) is 5.85. The van der Waals surface area contributed by atoms with E-state index in [0.717, 1.165) is 22.6 Å². The van der Waals surface area contributed by atoms with Crippen molar-refractivity contribution in [3.8, 4) is 0 Å². The molecule has 0 atom stereocenters. The van der Waals surface area contributed by atoms with Crippen LogP contribution in [0.1, 0.15) is 13.8 Å². The summed E-state index contributed by atoms with van der Waals surface area (Å²) in [5, 5.41) is 0.784. The van der Waals surface area contributed by atoms with Gasteiger partial charge in [0.1, 0.15) is 0 Å². The molecule has 1 saturated heterocycles. The predicted octanol–water partition coefficient (Wildman–Crippen LogP) is 3.95. The second kappa shape index (κ2) is 3.42. The van der Waals surface area contributed by atoms with E-state index < -0.39 is 0 Å². The minimum Gasteiger partial charge on any atom is -0.370 e. The Morgan fingerprint density at radius 1 is 1.36 bits per heavy atom. The highest BCUT2D eigenvalue weighted by atomic mass is 79.9. The largest absolute Gasteiger partial charge is 0.370 e.